The first-order valence-corrected chi connectivity index (χ1v) is 6.18. The van der Waals surface area contributed by atoms with Crippen LogP contribution in [0.1, 0.15) is 0 Å². The van der Waals surface area contributed by atoms with E-state index in [-0.39, 0.29) is 17.2 Å². The van der Waals surface area contributed by atoms with Crippen molar-refractivity contribution in [3.8, 4) is 0 Å². The Morgan fingerprint density at radius 3 is 2.83 bits per heavy atom. The molecule has 0 aromatic heterocycles. The van der Waals surface area contributed by atoms with Gasteiger partial charge in [-0.15, -0.1) is 11.8 Å². The highest BCUT2D eigenvalue weighted by atomic mass is 32.2. The van der Waals surface area contributed by atoms with Gasteiger partial charge in [0.25, 0.3) is 0 Å². The zero-order valence-corrected chi connectivity index (χ0v) is 10.6. The summed E-state index contributed by atoms with van der Waals surface area (Å²) in [6.07, 6.45) is 0. The van der Waals surface area contributed by atoms with Crippen LogP contribution in [-0.2, 0) is 14.3 Å². The lowest BCUT2D eigenvalue weighted by Crippen LogP contribution is -2.16. The number of amides is 1. The van der Waals surface area contributed by atoms with Crippen molar-refractivity contribution < 1.29 is 18.7 Å². The van der Waals surface area contributed by atoms with Gasteiger partial charge in [-0.2, -0.15) is 0 Å². The summed E-state index contributed by atoms with van der Waals surface area (Å²) < 4.78 is 17.7. The van der Waals surface area contributed by atoms with Gasteiger partial charge in [-0.25, -0.2) is 4.39 Å². The molecule has 1 aromatic rings. The molecule has 1 amide bonds. The molecular formula is C11H13FN2O3S. The molecular weight excluding hydrogens is 259 g/mol. The Kier molecular flexibility index (Phi) is 5.44. The maximum atomic E-state index is 13.3. The fourth-order valence-electron chi connectivity index (χ4n) is 1.11. The second-order valence-corrected chi connectivity index (χ2v) is 4.34. The third kappa shape index (κ3) is 4.62. The van der Waals surface area contributed by atoms with E-state index in [0.717, 1.165) is 11.8 Å². The lowest BCUT2D eigenvalue weighted by Gasteiger charge is -2.06. The van der Waals surface area contributed by atoms with Crippen LogP contribution in [-0.4, -0.2) is 30.5 Å². The smallest absolute Gasteiger partial charge is 0.315 e. The summed E-state index contributed by atoms with van der Waals surface area (Å²) in [5.41, 5.74) is 5.86. The van der Waals surface area contributed by atoms with Gasteiger partial charge in [0.1, 0.15) is 5.82 Å². The minimum absolute atomic E-state index is 0.0265. The lowest BCUT2D eigenvalue weighted by atomic mass is 10.2. The van der Waals surface area contributed by atoms with Gasteiger partial charge in [0.05, 0.1) is 24.3 Å². The minimum Gasteiger partial charge on any atom is -0.468 e. The number of benzene rings is 1. The molecule has 0 unspecified atom stereocenters. The molecule has 0 atom stereocenters. The molecule has 0 fully saturated rings. The van der Waals surface area contributed by atoms with Crippen molar-refractivity contribution in [1.82, 2.24) is 0 Å². The molecule has 0 aliphatic rings. The van der Waals surface area contributed by atoms with Crippen molar-refractivity contribution >= 4 is 35.0 Å². The summed E-state index contributed by atoms with van der Waals surface area (Å²) in [5, 5.41) is 2.38. The summed E-state index contributed by atoms with van der Waals surface area (Å²) in [5.74, 6) is -1.28. The molecule has 0 spiro atoms. The van der Waals surface area contributed by atoms with Crippen LogP contribution in [0.15, 0.2) is 18.2 Å². The summed E-state index contributed by atoms with van der Waals surface area (Å²) in [4.78, 5) is 22.3. The van der Waals surface area contributed by atoms with E-state index in [1.54, 1.807) is 0 Å². The van der Waals surface area contributed by atoms with Crippen LogP contribution in [0, 0.1) is 5.82 Å². The van der Waals surface area contributed by atoms with Crippen LogP contribution in [0.25, 0.3) is 0 Å². The Morgan fingerprint density at radius 1 is 1.44 bits per heavy atom. The standard InChI is InChI=1S/C11H13FN2O3S/c1-17-11(16)6-18-5-10(15)14-9-4-7(13)2-3-8(9)12/h2-4H,5-6,13H2,1H3,(H,14,15). The first-order chi connectivity index (χ1) is 8.52. The second-order valence-electron chi connectivity index (χ2n) is 3.36. The lowest BCUT2D eigenvalue weighted by molar-refractivity contribution is -0.137. The topological polar surface area (TPSA) is 81.4 Å². The second kappa shape index (κ2) is 6.85. The summed E-state index contributed by atoms with van der Waals surface area (Å²) in [7, 11) is 1.27. The molecule has 18 heavy (non-hydrogen) atoms. The van der Waals surface area contributed by atoms with E-state index in [9.17, 15) is 14.0 Å². The number of nitrogens with two attached hydrogens (primary N) is 1. The monoisotopic (exact) mass is 272 g/mol. The van der Waals surface area contributed by atoms with E-state index < -0.39 is 17.7 Å². The molecule has 3 N–H and O–H groups in total. The van der Waals surface area contributed by atoms with Crippen molar-refractivity contribution in [1.29, 1.82) is 0 Å². The first kappa shape index (κ1) is 14.3. The Balaban J connectivity index is 2.44. The van der Waals surface area contributed by atoms with Crippen molar-refractivity contribution in [3.63, 3.8) is 0 Å². The van der Waals surface area contributed by atoms with Crippen LogP contribution >= 0.6 is 11.8 Å². The molecule has 0 aliphatic heterocycles. The van der Waals surface area contributed by atoms with Gasteiger partial charge in [-0.1, -0.05) is 0 Å². The predicted molar refractivity (Wildman–Crippen MR) is 68.8 cm³/mol. The number of carbonyl (C=O) groups is 2. The van der Waals surface area contributed by atoms with Crippen LogP contribution < -0.4 is 11.1 Å². The third-order valence-electron chi connectivity index (χ3n) is 1.95. The fraction of sp³-hybridized carbons (Fsp3) is 0.273. The molecule has 0 heterocycles. The maximum absolute atomic E-state index is 13.3. The molecule has 5 nitrogen and oxygen atoms in total. The van der Waals surface area contributed by atoms with Gasteiger partial charge in [0.2, 0.25) is 5.91 Å². The zero-order chi connectivity index (χ0) is 13.5. The average Bonchev–Trinajstić information content (AvgIpc) is 2.33. The number of carbonyl (C=O) groups excluding carboxylic acids is 2. The highest BCUT2D eigenvalue weighted by Crippen LogP contribution is 2.17. The van der Waals surface area contributed by atoms with Crippen LogP contribution in [0.4, 0.5) is 15.8 Å². The number of esters is 1. The Bertz CT molecular complexity index is 454. The Hall–Kier alpha value is -1.76. The number of rotatable bonds is 5. The minimum atomic E-state index is -0.560. The fourth-order valence-corrected chi connectivity index (χ4v) is 1.76. The number of thioether (sulfide) groups is 1. The summed E-state index contributed by atoms with van der Waals surface area (Å²) in [6.45, 7) is 0. The number of anilines is 2. The van der Waals surface area contributed by atoms with Crippen LogP contribution in [0.3, 0.4) is 0 Å². The number of nitrogen functional groups attached to an aromatic ring is 1. The quantitative estimate of drug-likeness (QED) is 0.623. The molecule has 0 bridgehead atoms. The Morgan fingerprint density at radius 2 is 2.17 bits per heavy atom. The van der Waals surface area contributed by atoms with E-state index >= 15 is 0 Å². The number of ether oxygens (including phenoxy) is 1. The normalized spacial score (nSPS) is 9.89. The van der Waals surface area contributed by atoms with E-state index in [1.165, 1.54) is 25.3 Å². The maximum Gasteiger partial charge on any atom is 0.315 e. The molecule has 0 saturated heterocycles. The van der Waals surface area contributed by atoms with Gasteiger partial charge >= 0.3 is 5.97 Å². The number of methoxy groups -OCH3 is 1. The number of halogens is 1. The number of hydrogen-bond donors (Lipinski definition) is 2. The van der Waals surface area contributed by atoms with E-state index in [1.807, 2.05) is 0 Å². The molecule has 0 radical (unpaired) electrons. The molecule has 0 saturated carbocycles. The van der Waals surface area contributed by atoms with Gasteiger partial charge < -0.3 is 15.8 Å². The van der Waals surface area contributed by atoms with Gasteiger partial charge in [0, 0.05) is 5.69 Å². The van der Waals surface area contributed by atoms with Gasteiger partial charge in [-0.05, 0) is 18.2 Å². The largest absolute Gasteiger partial charge is 0.468 e. The van der Waals surface area contributed by atoms with Crippen LogP contribution in [0.5, 0.6) is 0 Å². The highest BCUT2D eigenvalue weighted by molar-refractivity contribution is 8.00. The molecule has 0 aliphatic carbocycles. The van der Waals surface area contributed by atoms with Crippen molar-refractivity contribution in [2.45, 2.75) is 0 Å². The van der Waals surface area contributed by atoms with E-state index in [4.69, 9.17) is 5.73 Å². The van der Waals surface area contributed by atoms with Gasteiger partial charge in [0.15, 0.2) is 0 Å². The van der Waals surface area contributed by atoms with E-state index in [2.05, 4.69) is 10.1 Å². The SMILES string of the molecule is COC(=O)CSCC(=O)Nc1cc(N)ccc1F. The molecule has 1 aromatic carbocycles. The molecule has 98 valence electrons. The molecule has 7 heteroatoms. The summed E-state index contributed by atoms with van der Waals surface area (Å²) >= 11 is 1.08. The van der Waals surface area contributed by atoms with Crippen LogP contribution in [0.2, 0.25) is 0 Å². The van der Waals surface area contributed by atoms with E-state index in [0.29, 0.717) is 5.69 Å². The number of nitrogens with one attached hydrogen (secondary N) is 1. The van der Waals surface area contributed by atoms with Crippen molar-refractivity contribution in [3.05, 3.63) is 24.0 Å². The third-order valence-corrected chi connectivity index (χ3v) is 2.85. The Labute approximate surface area is 108 Å². The average molecular weight is 272 g/mol. The van der Waals surface area contributed by atoms with Gasteiger partial charge in [-0.3, -0.25) is 9.59 Å². The van der Waals surface area contributed by atoms with Crippen molar-refractivity contribution in [2.24, 2.45) is 0 Å². The van der Waals surface area contributed by atoms with Crippen molar-refractivity contribution in [2.75, 3.05) is 29.7 Å². The molecule has 1 rings (SSSR count). The highest BCUT2D eigenvalue weighted by Gasteiger charge is 2.09. The number of hydrogen-bond acceptors (Lipinski definition) is 5. The summed E-state index contributed by atoms with van der Waals surface area (Å²) in [6, 6.07) is 3.90. The predicted octanol–water partition coefficient (Wildman–Crippen LogP) is 1.25. The zero-order valence-electron chi connectivity index (χ0n) is 9.73. The first-order valence-electron chi connectivity index (χ1n) is 5.02.